The van der Waals surface area contributed by atoms with Crippen LogP contribution in [0.25, 0.3) is 11.9 Å². The molecule has 1 saturated carbocycles. The Hall–Kier alpha value is -3.11. The van der Waals surface area contributed by atoms with Crippen LogP contribution in [0.2, 0.25) is 0 Å². The summed E-state index contributed by atoms with van der Waals surface area (Å²) in [4.78, 5) is 17.5. The molecule has 3 aromatic rings. The number of hydrogen-bond donors (Lipinski definition) is 0. The number of benzene rings is 2. The number of alkyl halides is 3. The summed E-state index contributed by atoms with van der Waals surface area (Å²) in [6, 6.07) is 15.3. The van der Waals surface area contributed by atoms with Gasteiger partial charge < -0.3 is 4.90 Å². The molecule has 5 nitrogen and oxygen atoms in total. The van der Waals surface area contributed by atoms with Gasteiger partial charge in [-0.25, -0.2) is 4.39 Å². The summed E-state index contributed by atoms with van der Waals surface area (Å²) in [6.07, 6.45) is 3.78. The lowest BCUT2D eigenvalue weighted by molar-refractivity contribution is -0.0328. The van der Waals surface area contributed by atoms with Gasteiger partial charge in [-0.05, 0) is 79.1 Å². The molecule has 2 aliphatic rings. The zero-order valence-electron chi connectivity index (χ0n) is 20.9. The monoisotopic (exact) mass is 544 g/mol. The Morgan fingerprint density at radius 1 is 1.05 bits per heavy atom. The van der Waals surface area contributed by atoms with E-state index < -0.39 is 11.3 Å². The fourth-order valence-corrected chi connectivity index (χ4v) is 5.20. The summed E-state index contributed by atoms with van der Waals surface area (Å²) in [5.74, 6) is -0.564. The van der Waals surface area contributed by atoms with E-state index >= 15 is 0 Å². The van der Waals surface area contributed by atoms with Gasteiger partial charge in [0, 0.05) is 48.4 Å². The lowest BCUT2D eigenvalue weighted by atomic mass is 10.1. The molecular weight excluding hydrogens is 516 g/mol. The number of aryl methyl sites for hydroxylation is 1. The number of nitrogens with zero attached hydrogens (tertiary/aromatic N) is 4. The minimum atomic E-state index is -4.37. The van der Waals surface area contributed by atoms with Crippen molar-refractivity contribution in [3.63, 3.8) is 0 Å². The third-order valence-electron chi connectivity index (χ3n) is 6.80. The molecule has 38 heavy (non-hydrogen) atoms. The predicted octanol–water partition coefficient (Wildman–Crippen LogP) is 6.24. The largest absolute Gasteiger partial charge is 0.446 e. The van der Waals surface area contributed by atoms with Crippen LogP contribution >= 0.6 is 11.8 Å². The first-order valence-electron chi connectivity index (χ1n) is 12.5. The average molecular weight is 545 g/mol. The van der Waals surface area contributed by atoms with E-state index in [0.29, 0.717) is 23.7 Å². The molecule has 1 aromatic heterocycles. The molecule has 0 bridgehead atoms. The van der Waals surface area contributed by atoms with Crippen LogP contribution in [0.3, 0.4) is 0 Å². The Kier molecular flexibility index (Phi) is 7.63. The standard InChI is InChI=1S/C28H28F4N4OS/c1-19-15-26(25(29)17-20-5-9-24(10-6-20)38-28(30,31)32)33-36(19)18-21-3-2-4-22(16-21)27(37)35-13-11-34(12-14-35)23-7-8-23/h2-6,9-10,15-17,23H,7-8,11-14,18H2,1H3/b25-17-. The average Bonchev–Trinajstić information content (AvgIpc) is 3.67. The van der Waals surface area contributed by atoms with E-state index in [2.05, 4.69) is 10.00 Å². The molecule has 1 saturated heterocycles. The van der Waals surface area contributed by atoms with E-state index in [-0.39, 0.29) is 28.3 Å². The lowest BCUT2D eigenvalue weighted by Gasteiger charge is -2.34. The van der Waals surface area contributed by atoms with Crippen molar-refractivity contribution in [3.8, 4) is 0 Å². The van der Waals surface area contributed by atoms with Gasteiger partial charge in [0.1, 0.15) is 5.69 Å². The molecule has 10 heteroatoms. The molecule has 2 fully saturated rings. The van der Waals surface area contributed by atoms with E-state index in [4.69, 9.17) is 0 Å². The molecule has 1 aliphatic carbocycles. The third-order valence-corrected chi connectivity index (χ3v) is 7.54. The first-order chi connectivity index (χ1) is 18.1. The Bertz CT molecular complexity index is 1320. The maximum Gasteiger partial charge on any atom is 0.446 e. The quantitative estimate of drug-likeness (QED) is 0.261. The van der Waals surface area contributed by atoms with Gasteiger partial charge in [0.2, 0.25) is 0 Å². The number of hydrogen-bond acceptors (Lipinski definition) is 4. The number of thioether (sulfide) groups is 1. The number of rotatable bonds is 7. The molecule has 1 aliphatic heterocycles. The third kappa shape index (κ3) is 6.66. The lowest BCUT2D eigenvalue weighted by Crippen LogP contribution is -2.49. The highest BCUT2D eigenvalue weighted by molar-refractivity contribution is 8.00. The smallest absolute Gasteiger partial charge is 0.336 e. The zero-order chi connectivity index (χ0) is 26.9. The van der Waals surface area contributed by atoms with Gasteiger partial charge in [0.05, 0.1) is 6.54 Å². The fraction of sp³-hybridized carbons (Fsp3) is 0.357. The molecule has 2 aromatic carbocycles. The van der Waals surface area contributed by atoms with Gasteiger partial charge in [-0.15, -0.1) is 0 Å². The highest BCUT2D eigenvalue weighted by atomic mass is 32.2. The highest BCUT2D eigenvalue weighted by Crippen LogP contribution is 2.37. The molecule has 0 spiro atoms. The van der Waals surface area contributed by atoms with Crippen LogP contribution in [0.5, 0.6) is 0 Å². The van der Waals surface area contributed by atoms with Crippen LogP contribution < -0.4 is 0 Å². The first-order valence-corrected chi connectivity index (χ1v) is 13.4. The maximum absolute atomic E-state index is 14.9. The van der Waals surface area contributed by atoms with Gasteiger partial charge in [0.25, 0.3) is 5.91 Å². The van der Waals surface area contributed by atoms with Crippen LogP contribution in [0.1, 0.15) is 45.7 Å². The second-order valence-corrected chi connectivity index (χ2v) is 10.8. The molecular formula is C28H28F4N4OS. The first kappa shape index (κ1) is 26.5. The Labute approximate surface area is 223 Å². The van der Waals surface area contributed by atoms with Crippen molar-refractivity contribution in [2.75, 3.05) is 26.2 Å². The zero-order valence-corrected chi connectivity index (χ0v) is 21.7. The van der Waals surface area contributed by atoms with Gasteiger partial charge in [-0.3, -0.25) is 14.4 Å². The van der Waals surface area contributed by atoms with Crippen LogP contribution in [-0.4, -0.2) is 63.2 Å². The number of carbonyl (C=O) groups is 1. The van der Waals surface area contributed by atoms with Gasteiger partial charge in [0.15, 0.2) is 5.83 Å². The van der Waals surface area contributed by atoms with Gasteiger partial charge in [-0.2, -0.15) is 18.3 Å². The van der Waals surface area contributed by atoms with Crippen molar-refractivity contribution < 1.29 is 22.4 Å². The molecule has 0 atom stereocenters. The van der Waals surface area contributed by atoms with E-state index in [9.17, 15) is 22.4 Å². The Balaban J connectivity index is 1.24. The van der Waals surface area contributed by atoms with E-state index in [1.807, 2.05) is 36.1 Å². The second-order valence-electron chi connectivity index (χ2n) is 9.70. The van der Waals surface area contributed by atoms with Crippen molar-refractivity contribution in [3.05, 3.63) is 82.7 Å². The number of halogens is 4. The van der Waals surface area contributed by atoms with E-state index in [1.54, 1.807) is 10.7 Å². The summed E-state index contributed by atoms with van der Waals surface area (Å²) in [6.45, 7) is 5.50. The van der Waals surface area contributed by atoms with Crippen LogP contribution in [-0.2, 0) is 6.54 Å². The maximum atomic E-state index is 14.9. The molecule has 2 heterocycles. The molecule has 200 valence electrons. The minimum Gasteiger partial charge on any atom is -0.336 e. The van der Waals surface area contributed by atoms with Crippen LogP contribution in [0, 0.1) is 6.92 Å². The molecule has 0 unspecified atom stereocenters. The van der Waals surface area contributed by atoms with Crippen LogP contribution in [0.15, 0.2) is 59.5 Å². The number of carbonyl (C=O) groups excluding carboxylic acids is 1. The Morgan fingerprint density at radius 3 is 2.42 bits per heavy atom. The van der Waals surface area contributed by atoms with Crippen molar-refractivity contribution in [1.82, 2.24) is 19.6 Å². The summed E-state index contributed by atoms with van der Waals surface area (Å²) in [7, 11) is 0. The molecule has 0 radical (unpaired) electrons. The number of amides is 1. The highest BCUT2D eigenvalue weighted by Gasteiger charge is 2.32. The summed E-state index contributed by atoms with van der Waals surface area (Å²) < 4.78 is 54.1. The van der Waals surface area contributed by atoms with Crippen molar-refractivity contribution in [1.29, 1.82) is 0 Å². The number of aromatic nitrogens is 2. The SMILES string of the molecule is Cc1cc(/C(F)=C/c2ccc(SC(F)(F)F)cc2)nn1Cc1cccc(C(=O)N2CCN(C3CC3)CC2)c1. The van der Waals surface area contributed by atoms with Crippen LogP contribution in [0.4, 0.5) is 17.6 Å². The fourth-order valence-electron chi connectivity index (χ4n) is 4.66. The van der Waals surface area contributed by atoms with Crippen molar-refractivity contribution >= 4 is 29.6 Å². The second kappa shape index (κ2) is 10.9. The predicted molar refractivity (Wildman–Crippen MR) is 140 cm³/mol. The van der Waals surface area contributed by atoms with E-state index in [1.165, 1.54) is 43.2 Å². The normalized spacial score (nSPS) is 17.2. The summed E-state index contributed by atoms with van der Waals surface area (Å²) in [5, 5.41) is 4.38. The summed E-state index contributed by atoms with van der Waals surface area (Å²) in [5.41, 5.74) is -1.54. The van der Waals surface area contributed by atoms with E-state index in [0.717, 1.165) is 37.4 Å². The summed E-state index contributed by atoms with van der Waals surface area (Å²) >= 11 is -0.211. The molecule has 1 amide bonds. The number of piperazine rings is 1. The topological polar surface area (TPSA) is 41.4 Å². The minimum absolute atomic E-state index is 0.0220. The Morgan fingerprint density at radius 2 is 1.76 bits per heavy atom. The molecule has 0 N–H and O–H groups in total. The van der Waals surface area contributed by atoms with Gasteiger partial charge >= 0.3 is 5.51 Å². The van der Waals surface area contributed by atoms with Gasteiger partial charge in [-0.1, -0.05) is 24.3 Å². The molecule has 5 rings (SSSR count). The van der Waals surface area contributed by atoms with Crippen molar-refractivity contribution in [2.45, 2.75) is 42.8 Å². The van der Waals surface area contributed by atoms with Crippen molar-refractivity contribution in [2.24, 2.45) is 0 Å².